The molecule has 2 rings (SSSR count). The van der Waals surface area contributed by atoms with E-state index in [-0.39, 0.29) is 12.0 Å². The number of aliphatic hydroxyl groups excluding tert-OH is 1. The van der Waals surface area contributed by atoms with E-state index < -0.39 is 5.60 Å². The van der Waals surface area contributed by atoms with Crippen LogP contribution in [-0.4, -0.2) is 59.0 Å². The first kappa shape index (κ1) is 23.0. The third-order valence-electron chi connectivity index (χ3n) is 6.12. The maximum atomic E-state index is 10.5. The van der Waals surface area contributed by atoms with E-state index >= 15 is 0 Å². The first-order chi connectivity index (χ1) is 12.8. The summed E-state index contributed by atoms with van der Waals surface area (Å²) in [5, 5.41) is 21.0. The van der Waals surface area contributed by atoms with Gasteiger partial charge in [-0.3, -0.25) is 0 Å². The van der Waals surface area contributed by atoms with Gasteiger partial charge >= 0.3 is 0 Å². The van der Waals surface area contributed by atoms with Crippen LogP contribution >= 0.6 is 11.8 Å². The van der Waals surface area contributed by atoms with Gasteiger partial charge in [0.05, 0.1) is 11.7 Å². The summed E-state index contributed by atoms with van der Waals surface area (Å²) in [6.45, 7) is 5.26. The van der Waals surface area contributed by atoms with E-state index in [1.165, 1.54) is 18.7 Å². The standard InChI is InChI=1S/C23H41NO2S/c1-5-6-10-23(2,26)11-7-9-20-21-15-18(14-19(21)16-22(20)25)17-27-13-8-12-24(3)4/h7,9,14,19-22,25-26H,5-6,8,10-13,15-17H2,1-4H3/t19-,20+,21-,22+,23-/m0/s1. The molecule has 2 aliphatic carbocycles. The molecule has 3 nitrogen and oxygen atoms in total. The highest BCUT2D eigenvalue weighted by Crippen LogP contribution is 2.47. The average molecular weight is 396 g/mol. The topological polar surface area (TPSA) is 43.7 Å². The van der Waals surface area contributed by atoms with Gasteiger partial charge < -0.3 is 15.1 Å². The summed E-state index contributed by atoms with van der Waals surface area (Å²) >= 11 is 2.05. The molecule has 1 saturated carbocycles. The highest BCUT2D eigenvalue weighted by molar-refractivity contribution is 7.99. The van der Waals surface area contributed by atoms with Crippen molar-refractivity contribution in [2.24, 2.45) is 17.8 Å². The first-order valence-electron chi connectivity index (χ1n) is 10.8. The van der Waals surface area contributed by atoms with Gasteiger partial charge in [-0.2, -0.15) is 11.8 Å². The molecule has 0 spiro atoms. The Kier molecular flexibility index (Phi) is 9.40. The molecule has 2 aliphatic rings. The fourth-order valence-corrected chi connectivity index (χ4v) is 5.49. The maximum Gasteiger partial charge on any atom is 0.0654 e. The van der Waals surface area contributed by atoms with Crippen molar-refractivity contribution in [1.29, 1.82) is 0 Å². The number of unbranched alkanes of at least 4 members (excludes halogenated alkanes) is 1. The average Bonchev–Trinajstić information content (AvgIpc) is 3.10. The Morgan fingerprint density at radius 2 is 2.11 bits per heavy atom. The highest BCUT2D eigenvalue weighted by atomic mass is 32.2. The second-order valence-electron chi connectivity index (χ2n) is 9.18. The van der Waals surface area contributed by atoms with E-state index in [1.807, 2.05) is 6.92 Å². The van der Waals surface area contributed by atoms with E-state index in [9.17, 15) is 10.2 Å². The predicted molar refractivity (Wildman–Crippen MR) is 118 cm³/mol. The molecule has 0 aliphatic heterocycles. The summed E-state index contributed by atoms with van der Waals surface area (Å²) in [5.74, 6) is 3.74. The van der Waals surface area contributed by atoms with Crippen LogP contribution in [0.15, 0.2) is 23.8 Å². The fourth-order valence-electron chi connectivity index (χ4n) is 4.54. The van der Waals surface area contributed by atoms with Crippen LogP contribution in [0.25, 0.3) is 0 Å². The summed E-state index contributed by atoms with van der Waals surface area (Å²) in [6.07, 6.45) is 13.6. The van der Waals surface area contributed by atoms with E-state index in [1.54, 1.807) is 5.57 Å². The van der Waals surface area contributed by atoms with Crippen molar-refractivity contribution in [2.75, 3.05) is 32.1 Å². The van der Waals surface area contributed by atoms with Crippen molar-refractivity contribution in [3.8, 4) is 0 Å². The van der Waals surface area contributed by atoms with Gasteiger partial charge in [0.25, 0.3) is 0 Å². The number of hydrogen-bond acceptors (Lipinski definition) is 4. The molecule has 0 heterocycles. The van der Waals surface area contributed by atoms with Gasteiger partial charge in [0.2, 0.25) is 0 Å². The zero-order valence-electron chi connectivity index (χ0n) is 17.9. The second-order valence-corrected chi connectivity index (χ2v) is 10.3. The quantitative estimate of drug-likeness (QED) is 0.377. The van der Waals surface area contributed by atoms with Gasteiger partial charge in [0.1, 0.15) is 0 Å². The minimum absolute atomic E-state index is 0.220. The van der Waals surface area contributed by atoms with E-state index in [4.69, 9.17) is 0 Å². The molecule has 0 aromatic carbocycles. The molecule has 27 heavy (non-hydrogen) atoms. The molecular formula is C23H41NO2S. The Balaban J connectivity index is 1.77. The maximum absolute atomic E-state index is 10.5. The number of aliphatic hydroxyl groups is 2. The van der Waals surface area contributed by atoms with Crippen LogP contribution in [0.3, 0.4) is 0 Å². The van der Waals surface area contributed by atoms with E-state index in [2.05, 4.69) is 55.9 Å². The summed E-state index contributed by atoms with van der Waals surface area (Å²) in [4.78, 5) is 2.25. The van der Waals surface area contributed by atoms with E-state index in [0.29, 0.717) is 18.3 Å². The van der Waals surface area contributed by atoms with Crippen molar-refractivity contribution in [2.45, 2.75) is 70.5 Å². The molecule has 0 unspecified atom stereocenters. The molecule has 0 radical (unpaired) electrons. The number of allylic oxidation sites excluding steroid dienone is 1. The lowest BCUT2D eigenvalue weighted by molar-refractivity contribution is 0.0513. The van der Waals surface area contributed by atoms with Gasteiger partial charge in [0, 0.05) is 11.7 Å². The largest absolute Gasteiger partial charge is 0.392 e. The van der Waals surface area contributed by atoms with E-state index in [0.717, 1.165) is 37.9 Å². The van der Waals surface area contributed by atoms with Crippen LogP contribution in [0.2, 0.25) is 0 Å². The van der Waals surface area contributed by atoms with Gasteiger partial charge in [0.15, 0.2) is 0 Å². The van der Waals surface area contributed by atoms with Gasteiger partial charge in [-0.25, -0.2) is 0 Å². The lowest BCUT2D eigenvalue weighted by Crippen LogP contribution is -2.23. The molecule has 1 fully saturated rings. The number of rotatable bonds is 12. The Hall–Kier alpha value is -0.290. The van der Waals surface area contributed by atoms with Crippen LogP contribution in [0.4, 0.5) is 0 Å². The third kappa shape index (κ3) is 7.56. The van der Waals surface area contributed by atoms with Crippen molar-refractivity contribution in [1.82, 2.24) is 4.90 Å². The predicted octanol–water partition coefficient (Wildman–Crippen LogP) is 4.50. The summed E-state index contributed by atoms with van der Waals surface area (Å²) in [5.41, 5.74) is 0.970. The molecule has 0 aromatic rings. The molecule has 4 heteroatoms. The Labute approximate surface area is 171 Å². The van der Waals surface area contributed by atoms with Crippen LogP contribution in [0.5, 0.6) is 0 Å². The molecule has 5 atom stereocenters. The van der Waals surface area contributed by atoms with Gasteiger partial charge in [-0.05, 0) is 77.3 Å². The number of thioether (sulfide) groups is 1. The zero-order valence-corrected chi connectivity index (χ0v) is 18.7. The van der Waals surface area contributed by atoms with Crippen LogP contribution in [0.1, 0.15) is 58.8 Å². The third-order valence-corrected chi connectivity index (χ3v) is 7.27. The lowest BCUT2D eigenvalue weighted by atomic mass is 9.88. The molecule has 156 valence electrons. The summed E-state index contributed by atoms with van der Waals surface area (Å²) in [7, 11) is 4.26. The number of nitrogens with zero attached hydrogens (tertiary/aromatic N) is 1. The van der Waals surface area contributed by atoms with Crippen molar-refractivity contribution in [3.63, 3.8) is 0 Å². The van der Waals surface area contributed by atoms with Crippen molar-refractivity contribution < 1.29 is 10.2 Å². The number of hydrogen-bond donors (Lipinski definition) is 2. The number of fused-ring (bicyclic) bond motifs is 1. The minimum atomic E-state index is -0.613. The highest BCUT2D eigenvalue weighted by Gasteiger charge is 2.43. The van der Waals surface area contributed by atoms with Crippen molar-refractivity contribution >= 4 is 11.8 Å². The van der Waals surface area contributed by atoms with Gasteiger partial charge in [-0.15, -0.1) is 0 Å². The summed E-state index contributed by atoms with van der Waals surface area (Å²) in [6, 6.07) is 0. The smallest absolute Gasteiger partial charge is 0.0654 e. The van der Waals surface area contributed by atoms with Crippen LogP contribution in [-0.2, 0) is 0 Å². The fraction of sp³-hybridized carbons (Fsp3) is 0.826. The Bertz CT molecular complexity index is 501. The van der Waals surface area contributed by atoms with Gasteiger partial charge in [-0.1, -0.05) is 43.6 Å². The molecular weight excluding hydrogens is 354 g/mol. The molecule has 0 bridgehead atoms. The SMILES string of the molecule is CCCC[C@](C)(O)CC=C[C@@H]1[C@H]2CC(CSCCCN(C)C)=C[C@H]2C[C@H]1O. The normalized spacial score (nSPS) is 30.1. The Morgan fingerprint density at radius 1 is 1.33 bits per heavy atom. The molecule has 0 saturated heterocycles. The lowest BCUT2D eigenvalue weighted by Gasteiger charge is -2.22. The van der Waals surface area contributed by atoms with Crippen LogP contribution < -0.4 is 0 Å². The summed E-state index contributed by atoms with van der Waals surface area (Å²) < 4.78 is 0. The van der Waals surface area contributed by atoms with Crippen molar-refractivity contribution in [3.05, 3.63) is 23.8 Å². The molecule has 2 N–H and O–H groups in total. The minimum Gasteiger partial charge on any atom is -0.392 e. The Morgan fingerprint density at radius 3 is 2.81 bits per heavy atom. The second kappa shape index (κ2) is 11.0. The molecule has 0 aromatic heterocycles. The zero-order chi connectivity index (χ0) is 19.9. The monoisotopic (exact) mass is 395 g/mol. The molecule has 0 amide bonds. The van der Waals surface area contributed by atoms with Crippen LogP contribution in [0, 0.1) is 17.8 Å². The first-order valence-corrected chi connectivity index (χ1v) is 12.0.